The molecule has 0 spiro atoms. The van der Waals surface area contributed by atoms with Gasteiger partial charge in [0.2, 0.25) is 5.91 Å². The minimum atomic E-state index is -4.32. The van der Waals surface area contributed by atoms with Crippen molar-refractivity contribution in [3.63, 3.8) is 0 Å². The zero-order valence-corrected chi connectivity index (χ0v) is 41.5. The quantitative estimate of drug-likeness (QED) is 0.0244. The Morgan fingerprint density at radius 3 is 1.39 bits per heavy atom. The second-order valence-electron chi connectivity index (χ2n) is 17.8. The summed E-state index contributed by atoms with van der Waals surface area (Å²) in [4.78, 5) is 22.8. The number of carbonyl (C=O) groups is 1. The van der Waals surface area contributed by atoms with E-state index in [0.29, 0.717) is 17.4 Å². The van der Waals surface area contributed by atoms with Gasteiger partial charge in [-0.05, 0) is 64.2 Å². The van der Waals surface area contributed by atoms with Gasteiger partial charge in [-0.15, -0.1) is 0 Å². The van der Waals surface area contributed by atoms with Crippen molar-refractivity contribution in [1.82, 2.24) is 5.32 Å². The Hall–Kier alpha value is -2.32. The van der Waals surface area contributed by atoms with Crippen LogP contribution in [0.1, 0.15) is 194 Å². The number of hydrogen-bond donors (Lipinski definition) is 3. The summed E-state index contributed by atoms with van der Waals surface area (Å²) in [5.74, 6) is -0.191. The fourth-order valence-electron chi connectivity index (χ4n) is 6.70. The molecule has 3 atom stereocenters. The number of hydrogen-bond acceptors (Lipinski definition) is 5. The van der Waals surface area contributed by atoms with E-state index in [1.807, 2.05) is 34.1 Å². The van der Waals surface area contributed by atoms with Crippen molar-refractivity contribution in [1.29, 1.82) is 0 Å². The maximum atomic E-state index is 12.7. The predicted octanol–water partition coefficient (Wildman–Crippen LogP) is 14.5. The molecule has 8 nitrogen and oxygen atoms in total. The van der Waals surface area contributed by atoms with Crippen LogP contribution in [0.4, 0.5) is 0 Å². The molecule has 0 saturated carbocycles. The molecule has 0 aliphatic rings. The SMILES string of the molecule is CC/C=C\C/C=C\C/C=C\C/C=C\C/C=C\C/C=C\CCCCCCCCCCCCCCCCCCCCC(=O)NC(COP(=O)(O)OCC[N+](C)(C)C)C(O)/C=C/CCC. The molecule has 0 heterocycles. The molecule has 0 aliphatic carbocycles. The highest BCUT2D eigenvalue weighted by atomic mass is 31.2. The van der Waals surface area contributed by atoms with Crippen LogP contribution in [-0.2, 0) is 18.4 Å². The summed E-state index contributed by atoms with van der Waals surface area (Å²) in [5.41, 5.74) is 0. The monoisotopic (exact) mass is 888 g/mol. The second kappa shape index (κ2) is 43.9. The van der Waals surface area contributed by atoms with E-state index in [9.17, 15) is 19.4 Å². The van der Waals surface area contributed by atoms with Gasteiger partial charge in [0.25, 0.3) is 0 Å². The van der Waals surface area contributed by atoms with Crippen molar-refractivity contribution in [2.45, 2.75) is 206 Å². The van der Waals surface area contributed by atoms with Gasteiger partial charge < -0.3 is 19.8 Å². The molecule has 0 aromatic heterocycles. The summed E-state index contributed by atoms with van der Waals surface area (Å²) in [6, 6.07) is -0.843. The van der Waals surface area contributed by atoms with Crippen LogP contribution in [0.3, 0.4) is 0 Å². The summed E-state index contributed by atoms with van der Waals surface area (Å²) in [7, 11) is 1.56. The summed E-state index contributed by atoms with van der Waals surface area (Å²) in [5, 5.41) is 13.5. The van der Waals surface area contributed by atoms with E-state index in [1.54, 1.807) is 6.08 Å². The standard InChI is InChI=1S/C53H95N2O6P/c1-6-8-10-11-12-13-14-15-16-17-18-19-20-21-22-23-24-25-26-27-28-29-30-31-32-33-34-35-36-37-38-39-40-41-42-43-45-47-53(57)54-51(52(56)46-44-9-7-2)50-61-62(58,59)60-49-48-55(3,4)5/h8,10,12-13,15-16,18-19,21-22,24-25,44,46,51-52,56H,6-7,9,11,14,17,20,23,26-43,45,47-50H2,1-5H3,(H-,54,57,58,59)/p+1/b10-8-,13-12-,16-15-,19-18-,22-21-,25-24-,46-44+. The number of rotatable bonds is 44. The molecule has 0 aromatic carbocycles. The Balaban J connectivity index is 3.73. The lowest BCUT2D eigenvalue weighted by molar-refractivity contribution is -0.870. The molecule has 1 amide bonds. The molecule has 0 fully saturated rings. The Labute approximate surface area is 382 Å². The highest BCUT2D eigenvalue weighted by molar-refractivity contribution is 7.47. The van der Waals surface area contributed by atoms with Gasteiger partial charge in [-0.2, -0.15) is 0 Å². The van der Waals surface area contributed by atoms with Crippen LogP contribution >= 0.6 is 7.82 Å². The molecule has 62 heavy (non-hydrogen) atoms. The van der Waals surface area contributed by atoms with E-state index in [1.165, 1.54) is 103 Å². The Morgan fingerprint density at radius 2 is 0.968 bits per heavy atom. The number of unbranched alkanes of at least 4 members (excludes halogenated alkanes) is 19. The number of nitrogens with one attached hydrogen (secondary N) is 1. The lowest BCUT2D eigenvalue weighted by Crippen LogP contribution is -2.45. The van der Waals surface area contributed by atoms with E-state index >= 15 is 0 Å². The van der Waals surface area contributed by atoms with Gasteiger partial charge in [0.15, 0.2) is 0 Å². The van der Waals surface area contributed by atoms with Gasteiger partial charge in [-0.3, -0.25) is 13.8 Å². The molecule has 3 N–H and O–H groups in total. The predicted molar refractivity (Wildman–Crippen MR) is 267 cm³/mol. The third-order valence-corrected chi connectivity index (χ3v) is 11.6. The Bertz CT molecular complexity index is 1280. The number of quaternary nitrogens is 1. The van der Waals surface area contributed by atoms with Crippen molar-refractivity contribution in [3.8, 4) is 0 Å². The number of amides is 1. The van der Waals surface area contributed by atoms with Crippen molar-refractivity contribution >= 4 is 13.7 Å². The smallest absolute Gasteiger partial charge is 0.387 e. The summed E-state index contributed by atoms with van der Waals surface area (Å²) < 4.78 is 23.2. The second-order valence-corrected chi connectivity index (χ2v) is 19.3. The highest BCUT2D eigenvalue weighted by Gasteiger charge is 2.27. The lowest BCUT2D eigenvalue weighted by Gasteiger charge is -2.25. The van der Waals surface area contributed by atoms with Crippen LogP contribution in [0.5, 0.6) is 0 Å². The van der Waals surface area contributed by atoms with Gasteiger partial charge in [-0.1, -0.05) is 208 Å². The average Bonchev–Trinajstić information content (AvgIpc) is 3.23. The Morgan fingerprint density at radius 1 is 0.565 bits per heavy atom. The van der Waals surface area contributed by atoms with Crippen LogP contribution in [0.15, 0.2) is 85.1 Å². The zero-order valence-electron chi connectivity index (χ0n) is 40.6. The van der Waals surface area contributed by atoms with Gasteiger partial charge in [0.05, 0.1) is 39.9 Å². The van der Waals surface area contributed by atoms with Crippen LogP contribution in [0.25, 0.3) is 0 Å². The highest BCUT2D eigenvalue weighted by Crippen LogP contribution is 2.43. The molecule has 9 heteroatoms. The summed E-state index contributed by atoms with van der Waals surface area (Å²) in [6.45, 7) is 4.47. The molecule has 0 aliphatic heterocycles. The number of aliphatic hydroxyl groups is 1. The van der Waals surface area contributed by atoms with Gasteiger partial charge in [0, 0.05) is 6.42 Å². The number of likely N-dealkylation sites (N-methyl/N-ethyl adjacent to an activating group) is 1. The van der Waals surface area contributed by atoms with Crippen molar-refractivity contribution in [2.75, 3.05) is 40.9 Å². The fraction of sp³-hybridized carbons (Fsp3) is 0.717. The van der Waals surface area contributed by atoms with Crippen LogP contribution in [0, 0.1) is 0 Å². The zero-order chi connectivity index (χ0) is 45.7. The molecule has 0 bridgehead atoms. The minimum Gasteiger partial charge on any atom is -0.387 e. The first-order valence-electron chi connectivity index (χ1n) is 25.0. The molecular formula is C53H96N2O6P+. The maximum absolute atomic E-state index is 12.7. The molecule has 0 rings (SSSR count). The molecule has 358 valence electrons. The summed E-state index contributed by atoms with van der Waals surface area (Å²) in [6.07, 6.45) is 62.1. The number of nitrogens with zero attached hydrogens (tertiary/aromatic N) is 1. The first-order valence-corrected chi connectivity index (χ1v) is 26.5. The van der Waals surface area contributed by atoms with Crippen molar-refractivity contribution in [2.24, 2.45) is 0 Å². The molecule has 3 unspecified atom stereocenters. The van der Waals surface area contributed by atoms with Gasteiger partial charge >= 0.3 is 7.82 Å². The van der Waals surface area contributed by atoms with Crippen LogP contribution in [-0.4, -0.2) is 73.4 Å². The van der Waals surface area contributed by atoms with E-state index in [0.717, 1.165) is 70.6 Å². The first-order chi connectivity index (χ1) is 30.0. The fourth-order valence-corrected chi connectivity index (χ4v) is 7.43. The van der Waals surface area contributed by atoms with Gasteiger partial charge in [0.1, 0.15) is 13.2 Å². The number of phosphoric acid groups is 1. The maximum Gasteiger partial charge on any atom is 0.472 e. The Kier molecular flexibility index (Phi) is 42.3. The molecule has 0 aromatic rings. The molecule has 0 saturated heterocycles. The van der Waals surface area contributed by atoms with Crippen LogP contribution < -0.4 is 5.32 Å². The summed E-state index contributed by atoms with van der Waals surface area (Å²) >= 11 is 0. The lowest BCUT2D eigenvalue weighted by atomic mass is 10.0. The number of aliphatic hydroxyl groups excluding tert-OH is 1. The first kappa shape index (κ1) is 59.7. The largest absolute Gasteiger partial charge is 0.472 e. The molecular weight excluding hydrogens is 792 g/mol. The number of allylic oxidation sites excluding steroid dienone is 13. The van der Waals surface area contributed by atoms with E-state index in [4.69, 9.17) is 9.05 Å². The molecule has 0 radical (unpaired) electrons. The average molecular weight is 888 g/mol. The number of carbonyl (C=O) groups excluding carboxylic acids is 1. The van der Waals surface area contributed by atoms with E-state index in [2.05, 4.69) is 85.2 Å². The number of phosphoric ester groups is 1. The normalized spacial score (nSPS) is 14.9. The van der Waals surface area contributed by atoms with Crippen molar-refractivity contribution in [3.05, 3.63) is 85.1 Å². The minimum absolute atomic E-state index is 0.0579. The van der Waals surface area contributed by atoms with Crippen molar-refractivity contribution < 1.29 is 32.9 Å². The third-order valence-electron chi connectivity index (χ3n) is 10.6. The van der Waals surface area contributed by atoms with E-state index in [-0.39, 0.29) is 19.1 Å². The third kappa shape index (κ3) is 45.7. The van der Waals surface area contributed by atoms with E-state index < -0.39 is 20.0 Å². The topological polar surface area (TPSA) is 105 Å². The van der Waals surface area contributed by atoms with Crippen LogP contribution in [0.2, 0.25) is 0 Å². The van der Waals surface area contributed by atoms with Gasteiger partial charge in [-0.25, -0.2) is 4.57 Å².